The zero-order valence-electron chi connectivity index (χ0n) is 17.5. The fourth-order valence-electron chi connectivity index (χ4n) is 4.36. The van der Waals surface area contributed by atoms with Gasteiger partial charge in [-0.2, -0.15) is 0 Å². The van der Waals surface area contributed by atoms with Crippen molar-refractivity contribution in [2.75, 3.05) is 0 Å². The zero-order valence-corrected chi connectivity index (χ0v) is 19.9. The molecule has 1 aromatic heterocycles. The average molecular weight is 504 g/mol. The van der Waals surface area contributed by atoms with E-state index in [4.69, 9.17) is 4.74 Å². The van der Waals surface area contributed by atoms with E-state index in [1.54, 1.807) is 44.2 Å². The third kappa shape index (κ3) is 4.26. The van der Waals surface area contributed by atoms with Gasteiger partial charge in [0.2, 0.25) is 0 Å². The number of ketones is 1. The molecule has 0 fully saturated rings. The van der Waals surface area contributed by atoms with Crippen LogP contribution in [0.1, 0.15) is 55.9 Å². The van der Waals surface area contributed by atoms with E-state index in [1.807, 2.05) is 17.5 Å². The van der Waals surface area contributed by atoms with Crippen LogP contribution in [0.5, 0.6) is 0 Å². The van der Waals surface area contributed by atoms with Crippen LogP contribution < -0.4 is 5.32 Å². The predicted octanol–water partition coefficient (Wildman–Crippen LogP) is 5.96. The van der Waals surface area contributed by atoms with Gasteiger partial charge in [-0.25, -0.2) is 9.18 Å². The number of carbonyl (C=O) groups excluding carboxylic acids is 2. The van der Waals surface area contributed by atoms with Gasteiger partial charge >= 0.3 is 5.97 Å². The molecule has 0 saturated heterocycles. The highest BCUT2D eigenvalue weighted by Crippen LogP contribution is 2.47. The Morgan fingerprint density at radius 3 is 2.74 bits per heavy atom. The van der Waals surface area contributed by atoms with E-state index in [-0.39, 0.29) is 23.4 Å². The van der Waals surface area contributed by atoms with Crippen molar-refractivity contribution in [2.45, 2.75) is 51.6 Å². The van der Waals surface area contributed by atoms with Gasteiger partial charge in [-0.15, -0.1) is 11.3 Å². The standard InChI is InChI=1S/C24H23BrFNO3S/c1-12(2)30-24(29)21-13(3)27-18-9-14(20-5-4-8-31-20)10-19(28)23(18)22(21)16-11-15(25)6-7-17(16)26/h4-8,11-12,14,22,27H,9-10H2,1-3H3/t14-,22-/m0/s1. The highest BCUT2D eigenvalue weighted by Gasteiger charge is 2.42. The summed E-state index contributed by atoms with van der Waals surface area (Å²) in [7, 11) is 0. The molecule has 0 spiro atoms. The number of benzene rings is 1. The van der Waals surface area contributed by atoms with E-state index in [0.717, 1.165) is 10.6 Å². The fourth-order valence-corrected chi connectivity index (χ4v) is 5.57. The molecule has 0 bridgehead atoms. The van der Waals surface area contributed by atoms with Crippen molar-refractivity contribution in [2.24, 2.45) is 0 Å². The molecule has 7 heteroatoms. The summed E-state index contributed by atoms with van der Waals surface area (Å²) in [5.74, 6) is -1.80. The third-order valence-corrected chi connectivity index (χ3v) is 7.13. The number of allylic oxidation sites excluding steroid dienone is 3. The summed E-state index contributed by atoms with van der Waals surface area (Å²) in [6.07, 6.45) is 0.637. The van der Waals surface area contributed by atoms with Gasteiger partial charge in [0.1, 0.15) is 5.82 Å². The molecule has 31 heavy (non-hydrogen) atoms. The summed E-state index contributed by atoms with van der Waals surface area (Å²) in [4.78, 5) is 27.6. The van der Waals surface area contributed by atoms with Crippen LogP contribution in [0.3, 0.4) is 0 Å². The lowest BCUT2D eigenvalue weighted by atomic mass is 9.72. The van der Waals surface area contributed by atoms with Crippen molar-refractivity contribution >= 4 is 39.0 Å². The lowest BCUT2D eigenvalue weighted by molar-refractivity contribution is -0.143. The Hall–Kier alpha value is -2.25. The second-order valence-corrected chi connectivity index (χ2v) is 10.0. The van der Waals surface area contributed by atoms with Crippen LogP contribution in [0.2, 0.25) is 0 Å². The molecule has 1 aliphatic heterocycles. The highest BCUT2D eigenvalue weighted by molar-refractivity contribution is 9.10. The monoisotopic (exact) mass is 503 g/mol. The quantitative estimate of drug-likeness (QED) is 0.522. The fraction of sp³-hybridized carbons (Fsp3) is 0.333. The SMILES string of the molecule is CC1=C(C(=O)OC(C)C)[C@H](c2cc(Br)ccc2F)C2=C(C[C@H](c3cccs3)CC2=O)N1. The smallest absolute Gasteiger partial charge is 0.337 e. The molecule has 0 unspecified atom stereocenters. The molecule has 1 aliphatic carbocycles. The Balaban J connectivity index is 1.85. The van der Waals surface area contributed by atoms with Gasteiger partial charge < -0.3 is 10.1 Å². The van der Waals surface area contributed by atoms with E-state index in [2.05, 4.69) is 21.2 Å². The summed E-state index contributed by atoms with van der Waals surface area (Å²) in [6, 6.07) is 8.62. The summed E-state index contributed by atoms with van der Waals surface area (Å²) in [6.45, 7) is 5.31. The Labute approximate surface area is 193 Å². The highest BCUT2D eigenvalue weighted by atomic mass is 79.9. The summed E-state index contributed by atoms with van der Waals surface area (Å²) in [5, 5.41) is 5.29. The van der Waals surface area contributed by atoms with Gasteiger partial charge in [-0.05, 0) is 56.8 Å². The van der Waals surface area contributed by atoms with Gasteiger partial charge in [0, 0.05) is 44.2 Å². The normalized spacial score (nSPS) is 21.3. The second kappa shape index (κ2) is 8.71. The molecule has 4 rings (SSSR count). The minimum atomic E-state index is -0.809. The number of hydrogen-bond donors (Lipinski definition) is 1. The number of thiophene rings is 1. The van der Waals surface area contributed by atoms with Crippen molar-refractivity contribution in [1.82, 2.24) is 5.32 Å². The lowest BCUT2D eigenvalue weighted by Gasteiger charge is -2.36. The molecule has 162 valence electrons. The van der Waals surface area contributed by atoms with E-state index in [9.17, 15) is 9.59 Å². The predicted molar refractivity (Wildman–Crippen MR) is 122 cm³/mol. The first-order chi connectivity index (χ1) is 14.8. The Morgan fingerprint density at radius 1 is 1.29 bits per heavy atom. The van der Waals surface area contributed by atoms with Crippen LogP contribution in [0, 0.1) is 5.82 Å². The lowest BCUT2D eigenvalue weighted by Crippen LogP contribution is -2.36. The van der Waals surface area contributed by atoms with Crippen molar-refractivity contribution in [3.63, 3.8) is 0 Å². The number of carbonyl (C=O) groups is 2. The van der Waals surface area contributed by atoms with Crippen LogP contribution in [0.25, 0.3) is 0 Å². The molecule has 1 N–H and O–H groups in total. The van der Waals surface area contributed by atoms with Gasteiger partial charge in [0.25, 0.3) is 0 Å². The molecule has 2 atom stereocenters. The minimum Gasteiger partial charge on any atom is -0.460 e. The molecule has 2 aromatic rings. The first-order valence-electron chi connectivity index (χ1n) is 10.2. The van der Waals surface area contributed by atoms with E-state index < -0.39 is 17.7 Å². The van der Waals surface area contributed by atoms with Gasteiger partial charge in [0.15, 0.2) is 5.78 Å². The summed E-state index contributed by atoms with van der Waals surface area (Å²) >= 11 is 5.03. The molecule has 0 amide bonds. The number of rotatable bonds is 4. The maximum atomic E-state index is 15.0. The third-order valence-electron chi connectivity index (χ3n) is 5.60. The van der Waals surface area contributed by atoms with Crippen molar-refractivity contribution < 1.29 is 18.7 Å². The first-order valence-corrected chi connectivity index (χ1v) is 11.9. The number of Topliss-reactive ketones (excluding diaryl/α,β-unsaturated/α-hetero) is 1. The molecule has 2 heterocycles. The van der Waals surface area contributed by atoms with Crippen LogP contribution in [-0.2, 0) is 14.3 Å². The molecule has 1 aromatic carbocycles. The van der Waals surface area contributed by atoms with E-state index in [1.165, 1.54) is 6.07 Å². The maximum Gasteiger partial charge on any atom is 0.337 e. The number of halogens is 2. The molecule has 0 radical (unpaired) electrons. The van der Waals surface area contributed by atoms with Gasteiger partial charge in [-0.1, -0.05) is 22.0 Å². The summed E-state index contributed by atoms with van der Waals surface area (Å²) < 4.78 is 21.2. The average Bonchev–Trinajstić information content (AvgIpc) is 3.23. The van der Waals surface area contributed by atoms with Gasteiger partial charge in [-0.3, -0.25) is 4.79 Å². The number of ether oxygens (including phenoxy) is 1. The molecule has 4 nitrogen and oxygen atoms in total. The Kier molecular flexibility index (Phi) is 6.17. The Bertz CT molecular complexity index is 1100. The molecule has 2 aliphatic rings. The van der Waals surface area contributed by atoms with Crippen LogP contribution in [-0.4, -0.2) is 17.9 Å². The number of dihydropyridines is 1. The number of hydrogen-bond acceptors (Lipinski definition) is 5. The van der Waals surface area contributed by atoms with E-state index in [0.29, 0.717) is 34.1 Å². The van der Waals surface area contributed by atoms with E-state index >= 15 is 4.39 Å². The first kappa shape index (κ1) is 22.0. The van der Waals surface area contributed by atoms with Crippen LogP contribution in [0.15, 0.2) is 62.7 Å². The second-order valence-electron chi connectivity index (χ2n) is 8.15. The van der Waals surface area contributed by atoms with Crippen molar-refractivity contribution in [3.8, 4) is 0 Å². The minimum absolute atomic E-state index is 0.0705. The Morgan fingerprint density at radius 2 is 2.06 bits per heavy atom. The van der Waals surface area contributed by atoms with Crippen LogP contribution in [0.4, 0.5) is 4.39 Å². The zero-order chi connectivity index (χ0) is 22.3. The number of nitrogens with one attached hydrogen (secondary N) is 1. The van der Waals surface area contributed by atoms with Gasteiger partial charge in [0.05, 0.1) is 17.6 Å². The van der Waals surface area contributed by atoms with Crippen molar-refractivity contribution in [3.05, 3.63) is 79.0 Å². The molecular weight excluding hydrogens is 481 g/mol. The summed E-state index contributed by atoms with van der Waals surface area (Å²) in [5.41, 5.74) is 2.39. The molecular formula is C24H23BrFNO3S. The van der Waals surface area contributed by atoms with Crippen molar-refractivity contribution in [1.29, 1.82) is 0 Å². The number of esters is 1. The topological polar surface area (TPSA) is 55.4 Å². The maximum absolute atomic E-state index is 15.0. The van der Waals surface area contributed by atoms with Crippen LogP contribution >= 0.6 is 27.3 Å². The molecule has 0 saturated carbocycles. The largest absolute Gasteiger partial charge is 0.460 e.